The smallest absolute Gasteiger partial charge is 0.237 e. The first-order valence-electron chi connectivity index (χ1n) is 10.2. The van der Waals surface area contributed by atoms with Crippen LogP contribution in [0.3, 0.4) is 0 Å². The lowest BCUT2D eigenvalue weighted by molar-refractivity contribution is -0.129. The van der Waals surface area contributed by atoms with Crippen molar-refractivity contribution in [2.45, 2.75) is 39.0 Å². The number of pyridine rings is 1. The van der Waals surface area contributed by atoms with Gasteiger partial charge < -0.3 is 0 Å². The Morgan fingerprint density at radius 1 is 1.17 bits per heavy atom. The van der Waals surface area contributed by atoms with Crippen molar-refractivity contribution < 1.29 is 14.0 Å². The lowest BCUT2D eigenvalue weighted by Gasteiger charge is -2.35. The molecule has 1 saturated carbocycles. The lowest BCUT2D eigenvalue weighted by atomic mass is 9.71. The maximum Gasteiger partial charge on any atom is 0.237 e. The first kappa shape index (κ1) is 20.6. The Hall–Kier alpha value is -2.71. The van der Waals surface area contributed by atoms with Gasteiger partial charge in [0.2, 0.25) is 11.8 Å². The normalized spacial score (nSPS) is 24.0. The molecule has 6 heteroatoms. The Morgan fingerprint density at radius 2 is 1.97 bits per heavy atom. The molecule has 30 heavy (non-hydrogen) atoms. The summed E-state index contributed by atoms with van der Waals surface area (Å²) in [6.07, 6.45) is 6.85. The summed E-state index contributed by atoms with van der Waals surface area (Å²) < 4.78 is 15.1. The lowest BCUT2D eigenvalue weighted by Crippen LogP contribution is -2.42. The number of amides is 2. The van der Waals surface area contributed by atoms with E-state index in [4.69, 9.17) is 11.6 Å². The van der Waals surface area contributed by atoms with Crippen molar-refractivity contribution in [2.24, 2.45) is 17.8 Å². The van der Waals surface area contributed by atoms with Gasteiger partial charge in [-0.25, -0.2) is 9.29 Å². The third-order valence-electron chi connectivity index (χ3n) is 6.15. The molecule has 1 aromatic heterocycles. The van der Waals surface area contributed by atoms with Crippen LogP contribution in [-0.2, 0) is 9.59 Å². The molecule has 1 aromatic carbocycles. The molecule has 1 aliphatic carbocycles. The first-order chi connectivity index (χ1) is 14.5. The van der Waals surface area contributed by atoms with E-state index in [0.29, 0.717) is 23.5 Å². The molecule has 1 saturated heterocycles. The fraction of sp³-hybridized carbons (Fsp3) is 0.375. The number of aromatic nitrogens is 1. The molecule has 2 aromatic rings. The number of benzene rings is 1. The molecule has 0 spiro atoms. The van der Waals surface area contributed by atoms with Crippen LogP contribution >= 0.6 is 11.6 Å². The van der Waals surface area contributed by atoms with Gasteiger partial charge in [0, 0.05) is 35.9 Å². The van der Waals surface area contributed by atoms with Crippen LogP contribution in [0.5, 0.6) is 0 Å². The molecule has 0 bridgehead atoms. The zero-order chi connectivity index (χ0) is 21.3. The fourth-order valence-electron chi connectivity index (χ4n) is 4.63. The summed E-state index contributed by atoms with van der Waals surface area (Å²) in [6, 6.07) is 6.27. The monoisotopic (exact) mass is 424 g/mol. The van der Waals surface area contributed by atoms with E-state index >= 15 is 4.39 Å². The summed E-state index contributed by atoms with van der Waals surface area (Å²) in [6.45, 7) is 2.13. The molecule has 2 aliphatic rings. The van der Waals surface area contributed by atoms with Crippen molar-refractivity contribution in [3.63, 3.8) is 0 Å². The van der Waals surface area contributed by atoms with Crippen LogP contribution in [0.4, 0.5) is 10.1 Å². The highest BCUT2D eigenvalue weighted by atomic mass is 35.5. The van der Waals surface area contributed by atoms with E-state index in [2.05, 4.69) is 23.7 Å². The number of hydrogen-bond acceptors (Lipinski definition) is 3. The van der Waals surface area contributed by atoms with Crippen LogP contribution < -0.4 is 4.90 Å². The number of hydrogen-bond donors (Lipinski definition) is 0. The minimum absolute atomic E-state index is 0.00879. The number of carbonyl (C=O) groups is 2. The second-order valence-electron chi connectivity index (χ2n) is 8.06. The van der Waals surface area contributed by atoms with E-state index in [1.54, 1.807) is 24.5 Å². The van der Waals surface area contributed by atoms with E-state index in [-0.39, 0.29) is 34.9 Å². The molecule has 0 N–H and O–H groups in total. The van der Waals surface area contributed by atoms with Crippen molar-refractivity contribution in [1.29, 1.82) is 0 Å². The van der Waals surface area contributed by atoms with Crippen molar-refractivity contribution in [3.8, 4) is 11.8 Å². The topological polar surface area (TPSA) is 50.3 Å². The standard InChI is InChI=1S/C24H22ClFN2O2/c1-15-4-2-6-19-18(15)9-10-22(29)28(24(19)30)23-20(25)12-17(13-21(23)26)8-7-16-5-3-11-27-14-16/h3,5,11-15,18-19H,2,4,6,9-10H2,1H3. The van der Waals surface area contributed by atoms with Crippen molar-refractivity contribution >= 4 is 29.1 Å². The van der Waals surface area contributed by atoms with Crippen LogP contribution in [0.25, 0.3) is 0 Å². The summed E-state index contributed by atoms with van der Waals surface area (Å²) >= 11 is 6.37. The van der Waals surface area contributed by atoms with Crippen LogP contribution in [0.15, 0.2) is 36.7 Å². The van der Waals surface area contributed by atoms with Gasteiger partial charge in [0.05, 0.1) is 5.02 Å². The van der Waals surface area contributed by atoms with Crippen LogP contribution in [-0.4, -0.2) is 16.8 Å². The van der Waals surface area contributed by atoms with Gasteiger partial charge in [0.1, 0.15) is 11.5 Å². The van der Waals surface area contributed by atoms with Crippen LogP contribution in [0.2, 0.25) is 5.02 Å². The quantitative estimate of drug-likeness (QED) is 0.479. The first-order valence-corrected chi connectivity index (χ1v) is 10.6. The van der Waals surface area contributed by atoms with Gasteiger partial charge in [-0.15, -0.1) is 0 Å². The highest BCUT2D eigenvalue weighted by Crippen LogP contribution is 2.43. The number of imide groups is 1. The summed E-state index contributed by atoms with van der Waals surface area (Å²) in [4.78, 5) is 31.1. The van der Waals surface area contributed by atoms with Gasteiger partial charge >= 0.3 is 0 Å². The van der Waals surface area contributed by atoms with Crippen LogP contribution in [0.1, 0.15) is 50.2 Å². The molecule has 2 amide bonds. The summed E-state index contributed by atoms with van der Waals surface area (Å²) in [7, 11) is 0. The Labute approximate surface area is 180 Å². The number of nitrogens with zero attached hydrogens (tertiary/aromatic N) is 2. The maximum absolute atomic E-state index is 15.1. The SMILES string of the molecule is CC1CCCC2C(=O)N(c3c(F)cc(C#Cc4cccnc4)cc3Cl)C(=O)CCC12. The summed E-state index contributed by atoms with van der Waals surface area (Å²) in [5, 5.41) is 0.00879. The number of halogens is 2. The van der Waals surface area contributed by atoms with Crippen molar-refractivity contribution in [3.05, 3.63) is 58.6 Å². The minimum Gasteiger partial charge on any atom is -0.274 e. The predicted octanol–water partition coefficient (Wildman–Crippen LogP) is 4.98. The Morgan fingerprint density at radius 3 is 2.70 bits per heavy atom. The van der Waals surface area contributed by atoms with Gasteiger partial charge in [-0.1, -0.05) is 43.2 Å². The zero-order valence-corrected chi connectivity index (χ0v) is 17.5. The average Bonchev–Trinajstić information content (AvgIpc) is 2.85. The zero-order valence-electron chi connectivity index (χ0n) is 16.7. The molecule has 3 atom stereocenters. The molecular weight excluding hydrogens is 403 g/mol. The summed E-state index contributed by atoms with van der Waals surface area (Å²) in [5.41, 5.74) is 0.898. The molecule has 1 aliphatic heterocycles. The predicted molar refractivity (Wildman–Crippen MR) is 113 cm³/mol. The molecule has 4 rings (SSSR count). The Bertz CT molecular complexity index is 1020. The maximum atomic E-state index is 15.1. The van der Waals surface area contributed by atoms with Gasteiger partial charge in [0.25, 0.3) is 0 Å². The largest absolute Gasteiger partial charge is 0.274 e. The molecular formula is C24H22ClFN2O2. The Kier molecular flexibility index (Phi) is 5.87. The number of fused-ring (bicyclic) bond motifs is 1. The molecule has 0 radical (unpaired) electrons. The van der Waals surface area contributed by atoms with E-state index < -0.39 is 11.7 Å². The van der Waals surface area contributed by atoms with E-state index in [0.717, 1.165) is 24.2 Å². The van der Waals surface area contributed by atoms with Gasteiger partial charge in [-0.05, 0) is 48.9 Å². The van der Waals surface area contributed by atoms with E-state index in [1.165, 1.54) is 12.1 Å². The van der Waals surface area contributed by atoms with Gasteiger partial charge in [-0.3, -0.25) is 14.6 Å². The molecule has 3 unspecified atom stereocenters. The summed E-state index contributed by atoms with van der Waals surface area (Å²) in [5.74, 6) is 4.59. The highest BCUT2D eigenvalue weighted by Gasteiger charge is 2.43. The van der Waals surface area contributed by atoms with E-state index in [9.17, 15) is 9.59 Å². The molecule has 2 heterocycles. The average molecular weight is 425 g/mol. The number of rotatable bonds is 1. The molecule has 2 fully saturated rings. The minimum atomic E-state index is -0.720. The fourth-order valence-corrected chi connectivity index (χ4v) is 4.93. The van der Waals surface area contributed by atoms with Crippen molar-refractivity contribution in [2.75, 3.05) is 4.90 Å². The van der Waals surface area contributed by atoms with Gasteiger partial charge in [-0.2, -0.15) is 0 Å². The third-order valence-corrected chi connectivity index (χ3v) is 6.44. The number of anilines is 1. The van der Waals surface area contributed by atoms with Gasteiger partial charge in [0.15, 0.2) is 0 Å². The van der Waals surface area contributed by atoms with E-state index in [1.807, 2.05) is 0 Å². The van der Waals surface area contributed by atoms with Crippen LogP contribution in [0, 0.1) is 35.4 Å². The molecule has 4 nitrogen and oxygen atoms in total. The number of carbonyl (C=O) groups excluding carboxylic acids is 2. The second-order valence-corrected chi connectivity index (χ2v) is 8.47. The highest BCUT2D eigenvalue weighted by molar-refractivity contribution is 6.35. The second kappa shape index (κ2) is 8.57. The molecule has 154 valence electrons. The van der Waals surface area contributed by atoms with Crippen molar-refractivity contribution in [1.82, 2.24) is 4.98 Å². The Balaban J connectivity index is 1.68. The third kappa shape index (κ3) is 3.97.